The molecule has 2 aliphatic carbocycles. The molecule has 1 aliphatic heterocycles. The van der Waals surface area contributed by atoms with Crippen LogP contribution in [0, 0.1) is 30.6 Å². The molecule has 160 valence electrons. The number of rotatable bonds is 3. The highest BCUT2D eigenvalue weighted by molar-refractivity contribution is 9.12. The van der Waals surface area contributed by atoms with E-state index in [-0.39, 0.29) is 50.7 Å². The second kappa shape index (κ2) is 7.71. The van der Waals surface area contributed by atoms with Gasteiger partial charge in [0.25, 0.3) is 5.91 Å². The quantitative estimate of drug-likeness (QED) is 0.411. The normalized spacial score (nSPS) is 31.3. The summed E-state index contributed by atoms with van der Waals surface area (Å²) < 4.78 is 0. The molecule has 31 heavy (non-hydrogen) atoms. The first-order valence-electron chi connectivity index (χ1n) is 10.1. The molecule has 8 heteroatoms. The molecular weight excluding hydrogens is 548 g/mol. The predicted octanol–water partition coefficient (Wildman–Crippen LogP) is 5.18. The van der Waals surface area contributed by atoms with Crippen molar-refractivity contribution in [3.63, 3.8) is 0 Å². The molecule has 0 unspecified atom stereocenters. The Bertz CT molecular complexity index is 1090. The van der Waals surface area contributed by atoms with Crippen molar-refractivity contribution in [3.05, 3.63) is 58.6 Å². The molecule has 1 N–H and O–H groups in total. The van der Waals surface area contributed by atoms with Crippen LogP contribution in [0.1, 0.15) is 22.3 Å². The van der Waals surface area contributed by atoms with Gasteiger partial charge in [0.1, 0.15) is 0 Å². The van der Waals surface area contributed by atoms with Crippen LogP contribution < -0.4 is 10.2 Å². The van der Waals surface area contributed by atoms with E-state index in [1.54, 1.807) is 42.5 Å². The molecule has 0 radical (unpaired) electrons. The molecule has 0 aromatic heterocycles. The van der Waals surface area contributed by atoms with Crippen molar-refractivity contribution < 1.29 is 14.4 Å². The first-order valence-corrected chi connectivity index (χ1v) is 12.3. The minimum atomic E-state index is -0.390. The molecule has 1 heterocycles. The van der Waals surface area contributed by atoms with Crippen LogP contribution in [0.3, 0.4) is 0 Å². The summed E-state index contributed by atoms with van der Waals surface area (Å²) in [6.45, 7) is 1.82. The van der Waals surface area contributed by atoms with Crippen molar-refractivity contribution in [1.82, 2.24) is 0 Å². The van der Waals surface area contributed by atoms with E-state index >= 15 is 0 Å². The van der Waals surface area contributed by atoms with Crippen LogP contribution in [0.5, 0.6) is 0 Å². The third kappa shape index (κ3) is 3.11. The maximum Gasteiger partial charge on any atom is 0.257 e. The number of fused-ring (bicyclic) bond motifs is 5. The number of nitrogens with one attached hydrogen (secondary N) is 1. The standard InChI is InChI=1S/C23H19Br2ClN2O3/c1-10-14(26)6-4-7-15(10)27-21(29)11-5-2-3-8-16(11)28-22(30)17-12-9-13(18(17)23(28)31)20(25)19(12)24/h2-8,12-13,17-20H,9H2,1H3,(H,27,29)/t12-,13-,17-,18-,19-,20+/m1/s1. The van der Waals surface area contributed by atoms with Gasteiger partial charge in [-0.25, -0.2) is 4.90 Å². The highest BCUT2D eigenvalue weighted by atomic mass is 79.9. The second-order valence-corrected chi connectivity index (χ2v) is 10.9. The third-order valence-electron chi connectivity index (χ3n) is 6.89. The number of alkyl halides is 2. The van der Waals surface area contributed by atoms with E-state index in [1.165, 1.54) is 4.90 Å². The number of benzene rings is 2. The lowest BCUT2D eigenvalue weighted by atomic mass is 9.81. The average Bonchev–Trinajstić information content (AvgIpc) is 3.36. The van der Waals surface area contributed by atoms with Gasteiger partial charge in [0, 0.05) is 20.4 Å². The van der Waals surface area contributed by atoms with Gasteiger partial charge in [-0.3, -0.25) is 14.4 Å². The van der Waals surface area contributed by atoms with Crippen LogP contribution in [0.4, 0.5) is 11.4 Å². The van der Waals surface area contributed by atoms with Crippen LogP contribution >= 0.6 is 43.5 Å². The fourth-order valence-corrected chi connectivity index (χ4v) is 7.43. The predicted molar refractivity (Wildman–Crippen MR) is 127 cm³/mol. The zero-order chi connectivity index (χ0) is 22.0. The van der Waals surface area contributed by atoms with Crippen molar-refractivity contribution in [1.29, 1.82) is 0 Å². The molecule has 2 bridgehead atoms. The van der Waals surface area contributed by atoms with Gasteiger partial charge in [-0.2, -0.15) is 0 Å². The Morgan fingerprint density at radius 3 is 2.26 bits per heavy atom. The van der Waals surface area contributed by atoms with Crippen LogP contribution in [-0.2, 0) is 9.59 Å². The maximum absolute atomic E-state index is 13.4. The first-order chi connectivity index (χ1) is 14.8. The number of carbonyl (C=O) groups excluding carboxylic acids is 3. The Morgan fingerprint density at radius 1 is 1.00 bits per heavy atom. The van der Waals surface area contributed by atoms with E-state index < -0.39 is 5.91 Å². The van der Waals surface area contributed by atoms with Crippen LogP contribution in [0.15, 0.2) is 42.5 Å². The van der Waals surface area contributed by atoms with Crippen molar-refractivity contribution in [2.75, 3.05) is 10.2 Å². The summed E-state index contributed by atoms with van der Waals surface area (Å²) in [6, 6.07) is 12.0. The Morgan fingerprint density at radius 2 is 1.61 bits per heavy atom. The minimum Gasteiger partial charge on any atom is -0.322 e. The zero-order valence-corrected chi connectivity index (χ0v) is 20.4. The molecule has 1 saturated heterocycles. The number of carbonyl (C=O) groups is 3. The van der Waals surface area contributed by atoms with Gasteiger partial charge in [0.05, 0.1) is 23.1 Å². The van der Waals surface area contributed by atoms with E-state index in [2.05, 4.69) is 37.2 Å². The molecule has 3 fully saturated rings. The molecule has 2 saturated carbocycles. The number of imide groups is 1. The fraction of sp³-hybridized carbons (Fsp3) is 0.348. The third-order valence-corrected chi connectivity index (χ3v) is 10.5. The molecular formula is C23H19Br2ClN2O3. The summed E-state index contributed by atoms with van der Waals surface area (Å²) in [5, 5.41) is 3.42. The molecule has 2 aromatic rings. The molecule has 5 rings (SSSR count). The summed E-state index contributed by atoms with van der Waals surface area (Å²) >= 11 is 13.6. The highest BCUT2D eigenvalue weighted by Gasteiger charge is 2.66. The molecule has 2 aromatic carbocycles. The average molecular weight is 567 g/mol. The Balaban J connectivity index is 1.49. The Labute approximate surface area is 201 Å². The van der Waals surface area contributed by atoms with Gasteiger partial charge in [0.2, 0.25) is 11.8 Å². The lowest BCUT2D eigenvalue weighted by molar-refractivity contribution is -0.123. The lowest BCUT2D eigenvalue weighted by Crippen LogP contribution is -2.37. The summed E-state index contributed by atoms with van der Waals surface area (Å²) in [5.41, 5.74) is 1.95. The molecule has 6 atom stereocenters. The number of anilines is 2. The number of hydrogen-bond donors (Lipinski definition) is 1. The van der Waals surface area contributed by atoms with Crippen LogP contribution in [0.2, 0.25) is 5.02 Å². The topological polar surface area (TPSA) is 66.5 Å². The molecule has 5 nitrogen and oxygen atoms in total. The van der Waals surface area contributed by atoms with Gasteiger partial charge >= 0.3 is 0 Å². The number of para-hydroxylation sites is 1. The van der Waals surface area contributed by atoms with Gasteiger partial charge in [0.15, 0.2) is 0 Å². The molecule has 3 amide bonds. The monoisotopic (exact) mass is 564 g/mol. The van der Waals surface area contributed by atoms with E-state index in [9.17, 15) is 14.4 Å². The zero-order valence-electron chi connectivity index (χ0n) is 16.5. The van der Waals surface area contributed by atoms with Gasteiger partial charge < -0.3 is 5.32 Å². The second-order valence-electron chi connectivity index (χ2n) is 8.40. The Hall–Kier alpha value is -1.70. The number of nitrogens with zero attached hydrogens (tertiary/aromatic N) is 1. The molecule has 0 spiro atoms. The fourth-order valence-electron chi connectivity index (χ4n) is 5.38. The van der Waals surface area contributed by atoms with E-state index in [0.717, 1.165) is 12.0 Å². The van der Waals surface area contributed by atoms with Crippen molar-refractivity contribution in [2.24, 2.45) is 23.7 Å². The summed E-state index contributed by atoms with van der Waals surface area (Å²) in [7, 11) is 0. The van der Waals surface area contributed by atoms with Gasteiger partial charge in [-0.05, 0) is 55.0 Å². The summed E-state index contributed by atoms with van der Waals surface area (Å²) in [5.74, 6) is -1.22. The summed E-state index contributed by atoms with van der Waals surface area (Å²) in [6.07, 6.45) is 0.864. The largest absolute Gasteiger partial charge is 0.322 e. The van der Waals surface area contributed by atoms with Crippen molar-refractivity contribution in [3.8, 4) is 0 Å². The summed E-state index contributed by atoms with van der Waals surface area (Å²) in [4.78, 5) is 41.5. The van der Waals surface area contributed by atoms with E-state index in [0.29, 0.717) is 16.4 Å². The lowest BCUT2D eigenvalue weighted by Gasteiger charge is -2.28. The highest BCUT2D eigenvalue weighted by Crippen LogP contribution is 2.60. The minimum absolute atomic E-state index is 0.121. The molecule has 3 aliphatic rings. The van der Waals surface area contributed by atoms with Gasteiger partial charge in [-0.1, -0.05) is 61.7 Å². The van der Waals surface area contributed by atoms with Crippen molar-refractivity contribution in [2.45, 2.75) is 23.0 Å². The van der Waals surface area contributed by atoms with Crippen molar-refractivity contribution >= 4 is 72.6 Å². The van der Waals surface area contributed by atoms with Gasteiger partial charge in [-0.15, -0.1) is 0 Å². The smallest absolute Gasteiger partial charge is 0.257 e. The first kappa shape index (κ1) is 21.2. The van der Waals surface area contributed by atoms with E-state index in [4.69, 9.17) is 11.6 Å². The number of hydrogen-bond acceptors (Lipinski definition) is 3. The van der Waals surface area contributed by atoms with Crippen LogP contribution in [-0.4, -0.2) is 27.4 Å². The van der Waals surface area contributed by atoms with Crippen LogP contribution in [0.25, 0.3) is 0 Å². The number of amides is 3. The number of halogens is 3. The Kier molecular flexibility index (Phi) is 5.26. The SMILES string of the molecule is Cc1c(Cl)cccc1NC(=O)c1ccccc1N1C(=O)[C@@H]2[C@H]3C[C@@H]([C@@H](Br)[C@H]3Br)[C@H]2C1=O. The van der Waals surface area contributed by atoms with E-state index in [1.807, 2.05) is 6.92 Å². The maximum atomic E-state index is 13.4.